The first-order valence-electron chi connectivity index (χ1n) is 4.82. The minimum Gasteiger partial charge on any atom is -0.381 e. The maximum Gasteiger partial charge on any atom is 0.0649 e. The van der Waals surface area contributed by atoms with Crippen LogP contribution in [0.25, 0.3) is 0 Å². The highest BCUT2D eigenvalue weighted by atomic mass is 16.5. The Morgan fingerprint density at radius 3 is 2.83 bits per heavy atom. The summed E-state index contributed by atoms with van der Waals surface area (Å²) in [4.78, 5) is 0. The zero-order valence-electron chi connectivity index (χ0n) is 7.47. The van der Waals surface area contributed by atoms with E-state index in [4.69, 9.17) is 9.47 Å². The van der Waals surface area contributed by atoms with E-state index < -0.39 is 0 Å². The van der Waals surface area contributed by atoms with Crippen molar-refractivity contribution < 1.29 is 9.47 Å². The molecule has 0 bridgehead atoms. The molecule has 2 saturated heterocycles. The highest BCUT2D eigenvalue weighted by Gasteiger charge is 2.32. The van der Waals surface area contributed by atoms with Crippen molar-refractivity contribution in [2.45, 2.75) is 24.8 Å². The number of ether oxygens (including phenoxy) is 2. The van der Waals surface area contributed by atoms with Crippen LogP contribution in [0.4, 0.5) is 0 Å². The van der Waals surface area contributed by atoms with Gasteiger partial charge >= 0.3 is 0 Å². The van der Waals surface area contributed by atoms with Crippen molar-refractivity contribution in [3.05, 3.63) is 0 Å². The molecule has 12 heavy (non-hydrogen) atoms. The van der Waals surface area contributed by atoms with Crippen LogP contribution in [0, 0.1) is 0 Å². The van der Waals surface area contributed by atoms with E-state index >= 15 is 0 Å². The van der Waals surface area contributed by atoms with Crippen molar-refractivity contribution in [2.24, 2.45) is 0 Å². The van der Waals surface area contributed by atoms with Crippen LogP contribution in [0.1, 0.15) is 19.3 Å². The number of hydrogen-bond donors (Lipinski definition) is 1. The third-order valence-corrected chi connectivity index (χ3v) is 2.79. The Balaban J connectivity index is 1.95. The normalized spacial score (nSPS) is 38.0. The van der Waals surface area contributed by atoms with E-state index in [0.29, 0.717) is 0 Å². The predicted molar refractivity (Wildman–Crippen MR) is 46.2 cm³/mol. The second kappa shape index (κ2) is 3.73. The van der Waals surface area contributed by atoms with Gasteiger partial charge in [0.1, 0.15) is 0 Å². The van der Waals surface area contributed by atoms with Gasteiger partial charge in [0, 0.05) is 25.3 Å². The summed E-state index contributed by atoms with van der Waals surface area (Å²) in [5.74, 6) is 0. The van der Waals surface area contributed by atoms with Crippen molar-refractivity contribution in [3.63, 3.8) is 0 Å². The average molecular weight is 171 g/mol. The average Bonchev–Trinajstić information content (AvgIpc) is 2.33. The van der Waals surface area contributed by atoms with Crippen LogP contribution in [0.3, 0.4) is 0 Å². The maximum atomic E-state index is 5.50. The Morgan fingerprint density at radius 2 is 2.00 bits per heavy atom. The van der Waals surface area contributed by atoms with Gasteiger partial charge in [-0.05, 0) is 19.3 Å². The van der Waals surface area contributed by atoms with Gasteiger partial charge in [-0.25, -0.2) is 0 Å². The zero-order valence-corrected chi connectivity index (χ0v) is 7.47. The lowest BCUT2D eigenvalue weighted by atomic mass is 9.91. The molecule has 0 aliphatic carbocycles. The Bertz CT molecular complexity index is 133. The van der Waals surface area contributed by atoms with Crippen LogP contribution in [-0.2, 0) is 9.47 Å². The van der Waals surface area contributed by atoms with Gasteiger partial charge in [0.15, 0.2) is 0 Å². The Kier molecular flexibility index (Phi) is 2.63. The van der Waals surface area contributed by atoms with Gasteiger partial charge in [-0.2, -0.15) is 0 Å². The highest BCUT2D eigenvalue weighted by Crippen LogP contribution is 2.23. The van der Waals surface area contributed by atoms with Crippen LogP contribution in [0.5, 0.6) is 0 Å². The molecule has 2 aliphatic rings. The molecule has 70 valence electrons. The van der Waals surface area contributed by atoms with E-state index in [1.807, 2.05) is 0 Å². The first kappa shape index (κ1) is 8.48. The molecule has 2 aliphatic heterocycles. The van der Waals surface area contributed by atoms with Crippen molar-refractivity contribution in [1.82, 2.24) is 5.32 Å². The standard InChI is InChI=1S/C9H17NO2/c1-2-9(3-6-11-5-1)8-12-7-4-10-9/h10H,1-8H2. The molecule has 0 aromatic carbocycles. The molecule has 1 spiro atoms. The lowest BCUT2D eigenvalue weighted by Crippen LogP contribution is -2.54. The molecule has 3 nitrogen and oxygen atoms in total. The lowest BCUT2D eigenvalue weighted by molar-refractivity contribution is 0.0169. The fourth-order valence-electron chi connectivity index (χ4n) is 2.04. The van der Waals surface area contributed by atoms with E-state index in [9.17, 15) is 0 Å². The molecule has 0 saturated carbocycles. The molecule has 2 heterocycles. The predicted octanol–water partition coefficient (Wildman–Crippen LogP) is 0.546. The van der Waals surface area contributed by atoms with Gasteiger partial charge in [-0.15, -0.1) is 0 Å². The maximum absolute atomic E-state index is 5.50. The quantitative estimate of drug-likeness (QED) is 0.577. The van der Waals surface area contributed by atoms with E-state index in [0.717, 1.165) is 45.8 Å². The smallest absolute Gasteiger partial charge is 0.0649 e. The minimum absolute atomic E-state index is 0.245. The van der Waals surface area contributed by atoms with Gasteiger partial charge in [0.2, 0.25) is 0 Å². The third-order valence-electron chi connectivity index (χ3n) is 2.79. The van der Waals surface area contributed by atoms with Crippen LogP contribution >= 0.6 is 0 Å². The van der Waals surface area contributed by atoms with Gasteiger partial charge in [0.25, 0.3) is 0 Å². The minimum atomic E-state index is 0.245. The van der Waals surface area contributed by atoms with Crippen LogP contribution in [0.2, 0.25) is 0 Å². The van der Waals surface area contributed by atoms with Gasteiger partial charge in [0.05, 0.1) is 13.2 Å². The summed E-state index contributed by atoms with van der Waals surface area (Å²) in [5.41, 5.74) is 0.245. The molecule has 1 N–H and O–H groups in total. The van der Waals surface area contributed by atoms with Crippen LogP contribution < -0.4 is 5.32 Å². The van der Waals surface area contributed by atoms with Crippen molar-refractivity contribution in [3.8, 4) is 0 Å². The Morgan fingerprint density at radius 1 is 1.00 bits per heavy atom. The molecule has 1 unspecified atom stereocenters. The van der Waals surface area contributed by atoms with E-state index in [-0.39, 0.29) is 5.54 Å². The number of nitrogens with one attached hydrogen (secondary N) is 1. The third kappa shape index (κ3) is 1.79. The Labute approximate surface area is 73.4 Å². The second-order valence-electron chi connectivity index (χ2n) is 3.73. The summed E-state index contributed by atoms with van der Waals surface area (Å²) in [5, 5.41) is 3.57. The molecular weight excluding hydrogens is 154 g/mol. The summed E-state index contributed by atoms with van der Waals surface area (Å²) in [7, 11) is 0. The van der Waals surface area contributed by atoms with Crippen molar-refractivity contribution in [2.75, 3.05) is 33.0 Å². The molecule has 0 radical (unpaired) electrons. The van der Waals surface area contributed by atoms with Crippen molar-refractivity contribution >= 4 is 0 Å². The number of morpholine rings is 1. The summed E-state index contributed by atoms with van der Waals surface area (Å²) >= 11 is 0. The first-order valence-corrected chi connectivity index (χ1v) is 4.82. The monoisotopic (exact) mass is 171 g/mol. The molecule has 2 rings (SSSR count). The van der Waals surface area contributed by atoms with Gasteiger partial charge in [-0.1, -0.05) is 0 Å². The summed E-state index contributed by atoms with van der Waals surface area (Å²) in [6, 6.07) is 0. The number of hydrogen-bond acceptors (Lipinski definition) is 3. The molecule has 1 atom stereocenters. The van der Waals surface area contributed by atoms with E-state index in [2.05, 4.69) is 5.32 Å². The fraction of sp³-hybridized carbons (Fsp3) is 1.00. The summed E-state index contributed by atoms with van der Waals surface area (Å²) < 4.78 is 10.9. The Hall–Kier alpha value is -0.120. The van der Waals surface area contributed by atoms with Crippen LogP contribution in [-0.4, -0.2) is 38.5 Å². The van der Waals surface area contributed by atoms with Gasteiger partial charge < -0.3 is 14.8 Å². The van der Waals surface area contributed by atoms with Crippen LogP contribution in [0.15, 0.2) is 0 Å². The molecule has 0 aromatic rings. The fourth-order valence-corrected chi connectivity index (χ4v) is 2.04. The van der Waals surface area contributed by atoms with E-state index in [1.54, 1.807) is 0 Å². The summed E-state index contributed by atoms with van der Waals surface area (Å²) in [6.45, 7) is 4.54. The molecule has 3 heteroatoms. The topological polar surface area (TPSA) is 30.5 Å². The van der Waals surface area contributed by atoms with E-state index in [1.165, 1.54) is 6.42 Å². The highest BCUT2D eigenvalue weighted by molar-refractivity contribution is 4.91. The number of rotatable bonds is 0. The molecule has 0 aromatic heterocycles. The lowest BCUT2D eigenvalue weighted by Gasteiger charge is -2.37. The first-order chi connectivity index (χ1) is 5.91. The molecular formula is C9H17NO2. The second-order valence-corrected chi connectivity index (χ2v) is 3.73. The zero-order chi connectivity index (χ0) is 8.28. The van der Waals surface area contributed by atoms with Crippen molar-refractivity contribution in [1.29, 1.82) is 0 Å². The van der Waals surface area contributed by atoms with Gasteiger partial charge in [-0.3, -0.25) is 0 Å². The molecule has 0 amide bonds. The molecule has 2 fully saturated rings. The SMILES string of the molecule is C1COCCC2(C1)COCCN2. The largest absolute Gasteiger partial charge is 0.381 e. The summed E-state index contributed by atoms with van der Waals surface area (Å²) in [6.07, 6.45) is 3.47.